The van der Waals surface area contributed by atoms with Crippen molar-refractivity contribution >= 4 is 39.2 Å². The van der Waals surface area contributed by atoms with Gasteiger partial charge >= 0.3 is 0 Å². The van der Waals surface area contributed by atoms with Crippen LogP contribution in [0.4, 0.5) is 0 Å². The third-order valence-electron chi connectivity index (χ3n) is 1.88. The smallest absolute Gasteiger partial charge is 0.261 e. The zero-order valence-corrected chi connectivity index (χ0v) is 11.7. The van der Waals surface area contributed by atoms with E-state index in [-0.39, 0.29) is 11.0 Å². The van der Waals surface area contributed by atoms with E-state index in [4.69, 9.17) is 10.5 Å². The van der Waals surface area contributed by atoms with E-state index < -0.39 is 0 Å². The summed E-state index contributed by atoms with van der Waals surface area (Å²) < 4.78 is 6.26. The Morgan fingerprint density at radius 1 is 1.59 bits per heavy atom. The standard InChI is InChI=1S/C11H13BrN2O2S/c1-2-5-16-9-4-3-7(12)6-8(9)10(15)14-11(13)17/h3-4,6H,2,5H2,1H3,(H3,13,14,15,17). The van der Waals surface area contributed by atoms with Crippen LogP contribution < -0.4 is 15.8 Å². The summed E-state index contributed by atoms with van der Waals surface area (Å²) in [6.07, 6.45) is 0.867. The van der Waals surface area contributed by atoms with Gasteiger partial charge in [-0.15, -0.1) is 0 Å². The van der Waals surface area contributed by atoms with Gasteiger partial charge in [0.15, 0.2) is 5.11 Å². The van der Waals surface area contributed by atoms with Crippen LogP contribution in [0.25, 0.3) is 0 Å². The van der Waals surface area contributed by atoms with Crippen LogP contribution in [-0.4, -0.2) is 17.6 Å². The van der Waals surface area contributed by atoms with Gasteiger partial charge in [0.2, 0.25) is 0 Å². The summed E-state index contributed by atoms with van der Waals surface area (Å²) in [7, 11) is 0. The molecule has 17 heavy (non-hydrogen) atoms. The Balaban J connectivity index is 2.97. The molecule has 0 atom stereocenters. The van der Waals surface area contributed by atoms with Crippen LogP contribution in [0.1, 0.15) is 23.7 Å². The Kier molecular flexibility index (Phi) is 5.37. The molecule has 6 heteroatoms. The molecule has 0 aliphatic rings. The molecule has 1 amide bonds. The zero-order chi connectivity index (χ0) is 12.8. The van der Waals surface area contributed by atoms with Crippen molar-refractivity contribution < 1.29 is 9.53 Å². The van der Waals surface area contributed by atoms with E-state index >= 15 is 0 Å². The maximum absolute atomic E-state index is 11.8. The first-order chi connectivity index (χ1) is 8.04. The fourth-order valence-electron chi connectivity index (χ4n) is 1.20. The fraction of sp³-hybridized carbons (Fsp3) is 0.273. The van der Waals surface area contributed by atoms with Crippen LogP contribution in [-0.2, 0) is 0 Å². The third-order valence-corrected chi connectivity index (χ3v) is 2.48. The van der Waals surface area contributed by atoms with Crippen LogP contribution in [0.3, 0.4) is 0 Å². The van der Waals surface area contributed by atoms with Gasteiger partial charge in [-0.3, -0.25) is 10.1 Å². The minimum absolute atomic E-state index is 0.0589. The average molecular weight is 317 g/mol. The van der Waals surface area contributed by atoms with Crippen molar-refractivity contribution in [3.05, 3.63) is 28.2 Å². The first-order valence-electron chi connectivity index (χ1n) is 5.07. The molecule has 0 spiro atoms. The number of halogens is 1. The molecule has 4 nitrogen and oxygen atoms in total. The summed E-state index contributed by atoms with van der Waals surface area (Å²) in [5, 5.41) is 2.31. The minimum atomic E-state index is -0.370. The number of nitrogens with two attached hydrogens (primary N) is 1. The lowest BCUT2D eigenvalue weighted by Gasteiger charge is -2.11. The Morgan fingerprint density at radius 3 is 2.88 bits per heavy atom. The zero-order valence-electron chi connectivity index (χ0n) is 9.33. The number of ether oxygens (including phenoxy) is 1. The van der Waals surface area contributed by atoms with Gasteiger partial charge in [0.25, 0.3) is 5.91 Å². The van der Waals surface area contributed by atoms with Crippen LogP contribution in [0.5, 0.6) is 5.75 Å². The molecule has 0 heterocycles. The van der Waals surface area contributed by atoms with E-state index in [2.05, 4.69) is 33.5 Å². The number of carbonyl (C=O) groups is 1. The fourth-order valence-corrected chi connectivity index (χ4v) is 1.65. The molecule has 0 aliphatic heterocycles. The number of hydrogen-bond acceptors (Lipinski definition) is 3. The van der Waals surface area contributed by atoms with Gasteiger partial charge in [0.05, 0.1) is 12.2 Å². The summed E-state index contributed by atoms with van der Waals surface area (Å²) in [4.78, 5) is 11.8. The number of benzene rings is 1. The summed E-state index contributed by atoms with van der Waals surface area (Å²) in [5.41, 5.74) is 5.67. The van der Waals surface area contributed by atoms with Crippen molar-refractivity contribution in [2.45, 2.75) is 13.3 Å². The number of carbonyl (C=O) groups excluding carboxylic acids is 1. The summed E-state index contributed by atoms with van der Waals surface area (Å²) in [6, 6.07) is 5.20. The van der Waals surface area contributed by atoms with E-state index in [1.807, 2.05) is 13.0 Å². The van der Waals surface area contributed by atoms with Crippen molar-refractivity contribution in [1.29, 1.82) is 0 Å². The van der Waals surface area contributed by atoms with Crippen molar-refractivity contribution in [2.75, 3.05) is 6.61 Å². The SMILES string of the molecule is CCCOc1ccc(Br)cc1C(=O)NC(N)=S. The molecule has 1 aromatic carbocycles. The second kappa shape index (κ2) is 6.56. The first kappa shape index (κ1) is 13.9. The molecule has 0 fully saturated rings. The lowest BCUT2D eigenvalue weighted by Crippen LogP contribution is -2.34. The number of hydrogen-bond donors (Lipinski definition) is 2. The molecule has 0 aromatic heterocycles. The van der Waals surface area contributed by atoms with E-state index in [1.165, 1.54) is 0 Å². The normalized spacial score (nSPS) is 9.76. The lowest BCUT2D eigenvalue weighted by molar-refractivity contribution is 0.0973. The minimum Gasteiger partial charge on any atom is -0.493 e. The lowest BCUT2D eigenvalue weighted by atomic mass is 10.2. The van der Waals surface area contributed by atoms with E-state index in [0.29, 0.717) is 17.9 Å². The summed E-state index contributed by atoms with van der Waals surface area (Å²) >= 11 is 7.93. The van der Waals surface area contributed by atoms with Crippen molar-refractivity contribution in [3.8, 4) is 5.75 Å². The van der Waals surface area contributed by atoms with Crippen molar-refractivity contribution in [2.24, 2.45) is 5.73 Å². The predicted molar refractivity (Wildman–Crippen MR) is 74.2 cm³/mol. The largest absolute Gasteiger partial charge is 0.493 e. The van der Waals surface area contributed by atoms with Gasteiger partial charge in [0.1, 0.15) is 5.75 Å². The number of thiocarbonyl (C=S) groups is 1. The van der Waals surface area contributed by atoms with Gasteiger partial charge < -0.3 is 10.5 Å². The third kappa shape index (κ3) is 4.32. The molecular formula is C11H13BrN2O2S. The second-order valence-corrected chi connectivity index (χ2v) is 4.66. The molecule has 92 valence electrons. The molecule has 1 aromatic rings. The molecule has 0 bridgehead atoms. The molecule has 1 rings (SSSR count). The Morgan fingerprint density at radius 2 is 2.29 bits per heavy atom. The van der Waals surface area contributed by atoms with Gasteiger partial charge in [-0.05, 0) is 36.8 Å². The molecule has 0 saturated carbocycles. The van der Waals surface area contributed by atoms with Gasteiger partial charge in [-0.1, -0.05) is 22.9 Å². The van der Waals surface area contributed by atoms with Crippen molar-refractivity contribution in [1.82, 2.24) is 5.32 Å². The Bertz CT molecular complexity index is 437. The first-order valence-corrected chi connectivity index (χ1v) is 6.28. The van der Waals surface area contributed by atoms with Crippen LogP contribution >= 0.6 is 28.1 Å². The van der Waals surface area contributed by atoms with Crippen molar-refractivity contribution in [3.63, 3.8) is 0 Å². The highest BCUT2D eigenvalue weighted by atomic mass is 79.9. The summed E-state index contributed by atoms with van der Waals surface area (Å²) in [6.45, 7) is 2.54. The topological polar surface area (TPSA) is 64.3 Å². The van der Waals surface area contributed by atoms with E-state index in [9.17, 15) is 4.79 Å². The average Bonchev–Trinajstić information content (AvgIpc) is 2.26. The molecule has 0 unspecified atom stereocenters. The molecule has 3 N–H and O–H groups in total. The van der Waals surface area contributed by atoms with Gasteiger partial charge in [0, 0.05) is 4.47 Å². The number of amides is 1. The van der Waals surface area contributed by atoms with E-state index in [1.54, 1.807) is 12.1 Å². The molecular weight excluding hydrogens is 304 g/mol. The van der Waals surface area contributed by atoms with Gasteiger partial charge in [-0.25, -0.2) is 0 Å². The molecule has 0 aliphatic carbocycles. The summed E-state index contributed by atoms with van der Waals surface area (Å²) in [5.74, 6) is 0.147. The van der Waals surface area contributed by atoms with Crippen LogP contribution in [0.15, 0.2) is 22.7 Å². The highest BCUT2D eigenvalue weighted by Gasteiger charge is 2.13. The maximum Gasteiger partial charge on any atom is 0.261 e. The molecule has 0 saturated heterocycles. The van der Waals surface area contributed by atoms with Gasteiger partial charge in [-0.2, -0.15) is 0 Å². The maximum atomic E-state index is 11.8. The number of rotatable bonds is 4. The quantitative estimate of drug-likeness (QED) is 0.836. The monoisotopic (exact) mass is 316 g/mol. The van der Waals surface area contributed by atoms with Crippen LogP contribution in [0.2, 0.25) is 0 Å². The number of nitrogens with one attached hydrogen (secondary N) is 1. The van der Waals surface area contributed by atoms with E-state index in [0.717, 1.165) is 10.9 Å². The Hall–Kier alpha value is -1.14. The Labute approximate surface area is 114 Å². The molecule has 0 radical (unpaired) electrons. The highest BCUT2D eigenvalue weighted by Crippen LogP contribution is 2.23. The predicted octanol–water partition coefficient (Wildman–Crippen LogP) is 2.21. The van der Waals surface area contributed by atoms with Crippen LogP contribution in [0, 0.1) is 0 Å². The highest BCUT2D eigenvalue weighted by molar-refractivity contribution is 9.10. The second-order valence-electron chi connectivity index (χ2n) is 3.31.